The highest BCUT2D eigenvalue weighted by Crippen LogP contribution is 2.30. The predicted octanol–water partition coefficient (Wildman–Crippen LogP) is 4.94. The molecule has 2 aromatic carbocycles. The lowest BCUT2D eigenvalue weighted by Gasteiger charge is -2.12. The maximum atomic E-state index is 12.2. The molecular formula is C22H19BrClN3O3. The smallest absolute Gasteiger partial charge is 0.262 e. The van der Waals surface area contributed by atoms with E-state index in [-0.39, 0.29) is 0 Å². The molecule has 0 fully saturated rings. The summed E-state index contributed by atoms with van der Waals surface area (Å²) in [6.45, 7) is 3.56. The molecule has 6 nitrogen and oxygen atoms in total. The fourth-order valence-corrected chi connectivity index (χ4v) is 3.54. The van der Waals surface area contributed by atoms with Gasteiger partial charge in [-0.2, -0.15) is 5.10 Å². The number of nitrogens with zero attached hydrogens (tertiary/aromatic N) is 1. The lowest BCUT2D eigenvalue weighted by molar-refractivity contribution is -0.122. The molecule has 3 rings (SSSR count). The van der Waals surface area contributed by atoms with Crippen LogP contribution in [0.2, 0.25) is 5.02 Å². The first kappa shape index (κ1) is 21.8. The van der Waals surface area contributed by atoms with Gasteiger partial charge in [0, 0.05) is 10.0 Å². The van der Waals surface area contributed by atoms with Crippen LogP contribution in [-0.2, 0) is 4.79 Å². The number of hydrazone groups is 1. The van der Waals surface area contributed by atoms with E-state index in [1.54, 1.807) is 37.3 Å². The molecule has 30 heavy (non-hydrogen) atoms. The second-order valence-corrected chi connectivity index (χ2v) is 7.86. The van der Waals surface area contributed by atoms with E-state index in [9.17, 15) is 9.59 Å². The molecule has 0 unspecified atom stereocenters. The Balaban J connectivity index is 1.57. The first-order valence-electron chi connectivity index (χ1n) is 9.10. The fourth-order valence-electron chi connectivity index (χ4n) is 2.63. The molecule has 154 valence electrons. The summed E-state index contributed by atoms with van der Waals surface area (Å²) in [5.74, 6) is 0.242. The van der Waals surface area contributed by atoms with Gasteiger partial charge in [0.25, 0.3) is 11.8 Å². The summed E-state index contributed by atoms with van der Waals surface area (Å²) in [6.07, 6.45) is 1.39. The number of furan rings is 1. The highest BCUT2D eigenvalue weighted by atomic mass is 79.9. The first-order chi connectivity index (χ1) is 14.3. The zero-order chi connectivity index (χ0) is 21.7. The van der Waals surface area contributed by atoms with E-state index in [1.807, 2.05) is 31.2 Å². The molecule has 0 spiro atoms. The van der Waals surface area contributed by atoms with Gasteiger partial charge in [0.2, 0.25) is 0 Å². The maximum Gasteiger partial charge on any atom is 0.262 e. The number of hydrogen-bond donors (Lipinski definition) is 2. The Bertz CT molecular complexity index is 1110. The molecule has 1 atom stereocenters. The molecule has 0 aliphatic rings. The van der Waals surface area contributed by atoms with Crippen molar-refractivity contribution in [2.75, 3.05) is 0 Å². The predicted molar refractivity (Wildman–Crippen MR) is 121 cm³/mol. The van der Waals surface area contributed by atoms with Crippen LogP contribution in [0, 0.1) is 6.92 Å². The van der Waals surface area contributed by atoms with Crippen LogP contribution in [0.4, 0.5) is 0 Å². The van der Waals surface area contributed by atoms with Crippen LogP contribution in [0.25, 0.3) is 11.3 Å². The number of hydrogen-bond acceptors (Lipinski definition) is 4. The van der Waals surface area contributed by atoms with Crippen LogP contribution in [0.1, 0.15) is 28.6 Å². The number of halogens is 2. The number of nitrogens with one attached hydrogen (secondary N) is 2. The van der Waals surface area contributed by atoms with Gasteiger partial charge in [0.1, 0.15) is 17.6 Å². The van der Waals surface area contributed by atoms with Crippen molar-refractivity contribution in [1.29, 1.82) is 0 Å². The molecule has 8 heteroatoms. The number of benzene rings is 2. The van der Waals surface area contributed by atoms with Crippen LogP contribution in [0.3, 0.4) is 0 Å². The van der Waals surface area contributed by atoms with Crippen molar-refractivity contribution in [3.05, 3.63) is 81.0 Å². The van der Waals surface area contributed by atoms with Crippen molar-refractivity contribution >= 4 is 45.6 Å². The van der Waals surface area contributed by atoms with Crippen molar-refractivity contribution in [2.45, 2.75) is 19.9 Å². The highest BCUT2D eigenvalue weighted by Gasteiger charge is 2.17. The van der Waals surface area contributed by atoms with Crippen LogP contribution in [0.15, 0.2) is 68.6 Å². The van der Waals surface area contributed by atoms with E-state index in [1.165, 1.54) is 6.21 Å². The van der Waals surface area contributed by atoms with Crippen molar-refractivity contribution in [1.82, 2.24) is 10.7 Å². The quantitative estimate of drug-likeness (QED) is 0.381. The van der Waals surface area contributed by atoms with E-state index in [0.29, 0.717) is 22.1 Å². The van der Waals surface area contributed by atoms with Crippen molar-refractivity contribution in [3.8, 4) is 11.3 Å². The maximum absolute atomic E-state index is 12.2. The summed E-state index contributed by atoms with van der Waals surface area (Å²) in [4.78, 5) is 24.4. The number of carbonyl (C=O) groups is 2. The van der Waals surface area contributed by atoms with Gasteiger partial charge in [-0.3, -0.25) is 9.59 Å². The third-order valence-corrected chi connectivity index (χ3v) is 5.23. The first-order valence-corrected chi connectivity index (χ1v) is 10.3. The van der Waals surface area contributed by atoms with E-state index in [0.717, 1.165) is 15.6 Å². The zero-order valence-electron chi connectivity index (χ0n) is 16.3. The summed E-state index contributed by atoms with van der Waals surface area (Å²) in [5.41, 5.74) is 4.74. The van der Waals surface area contributed by atoms with Gasteiger partial charge < -0.3 is 9.73 Å². The Morgan fingerprint density at radius 3 is 2.67 bits per heavy atom. The van der Waals surface area contributed by atoms with Gasteiger partial charge in [-0.15, -0.1) is 0 Å². The lowest BCUT2D eigenvalue weighted by Crippen LogP contribution is -2.43. The number of aryl methyl sites for hydroxylation is 1. The standard InChI is InChI=1S/C22H19BrClN3O3/c1-13-7-9-16(18(23)11-13)20-10-8-15(30-20)12-25-27-21(28)14(2)26-22(29)17-5-3-4-6-19(17)24/h3-12,14H,1-2H3,(H,26,29)(H,27,28)/b25-12-/t14-/m0/s1. The Kier molecular flexibility index (Phi) is 7.07. The molecule has 1 heterocycles. The molecule has 0 radical (unpaired) electrons. The lowest BCUT2D eigenvalue weighted by atomic mass is 10.1. The summed E-state index contributed by atoms with van der Waals surface area (Å²) < 4.78 is 6.68. The zero-order valence-corrected chi connectivity index (χ0v) is 18.6. The minimum absolute atomic E-state index is 0.299. The molecular weight excluding hydrogens is 470 g/mol. The normalized spacial score (nSPS) is 12.0. The average molecular weight is 489 g/mol. The second-order valence-electron chi connectivity index (χ2n) is 6.59. The molecule has 0 saturated heterocycles. The molecule has 3 aromatic rings. The van der Waals surface area contributed by atoms with E-state index < -0.39 is 17.9 Å². The summed E-state index contributed by atoms with van der Waals surface area (Å²) in [6, 6.07) is 15.3. The average Bonchev–Trinajstić information content (AvgIpc) is 3.16. The molecule has 2 amide bonds. The van der Waals surface area contributed by atoms with Crippen LogP contribution >= 0.6 is 27.5 Å². The molecule has 1 aromatic heterocycles. The van der Waals surface area contributed by atoms with Gasteiger partial charge in [-0.25, -0.2) is 5.43 Å². The van der Waals surface area contributed by atoms with Crippen LogP contribution in [0.5, 0.6) is 0 Å². The number of rotatable bonds is 6. The molecule has 0 aliphatic heterocycles. The van der Waals surface area contributed by atoms with Crippen LogP contribution < -0.4 is 10.7 Å². The van der Waals surface area contributed by atoms with E-state index in [4.69, 9.17) is 16.0 Å². The summed E-state index contributed by atoms with van der Waals surface area (Å²) >= 11 is 9.53. The fraction of sp³-hybridized carbons (Fsp3) is 0.136. The SMILES string of the molecule is Cc1ccc(-c2ccc(/C=N\NC(=O)[C@H](C)NC(=O)c3ccccc3Cl)o2)c(Br)c1. The minimum Gasteiger partial charge on any atom is -0.455 e. The van der Waals surface area contributed by atoms with Gasteiger partial charge in [-0.1, -0.05) is 45.7 Å². The summed E-state index contributed by atoms with van der Waals surface area (Å²) in [7, 11) is 0. The molecule has 0 bridgehead atoms. The third-order valence-electron chi connectivity index (χ3n) is 4.24. The molecule has 0 aliphatic carbocycles. The topological polar surface area (TPSA) is 83.7 Å². The Morgan fingerprint density at radius 1 is 1.17 bits per heavy atom. The Morgan fingerprint density at radius 2 is 1.93 bits per heavy atom. The summed E-state index contributed by atoms with van der Waals surface area (Å²) in [5, 5.41) is 6.79. The van der Waals surface area contributed by atoms with Crippen molar-refractivity contribution < 1.29 is 14.0 Å². The second kappa shape index (κ2) is 9.73. The van der Waals surface area contributed by atoms with Gasteiger partial charge in [-0.05, 0) is 55.8 Å². The highest BCUT2D eigenvalue weighted by molar-refractivity contribution is 9.10. The minimum atomic E-state index is -0.804. The van der Waals surface area contributed by atoms with E-state index in [2.05, 4.69) is 31.8 Å². The van der Waals surface area contributed by atoms with Crippen LogP contribution in [-0.4, -0.2) is 24.1 Å². The van der Waals surface area contributed by atoms with E-state index >= 15 is 0 Å². The number of carbonyl (C=O) groups excluding carboxylic acids is 2. The largest absolute Gasteiger partial charge is 0.455 e. The van der Waals surface area contributed by atoms with Gasteiger partial charge in [0.15, 0.2) is 0 Å². The molecule has 2 N–H and O–H groups in total. The number of amides is 2. The van der Waals surface area contributed by atoms with Gasteiger partial charge in [0.05, 0.1) is 16.8 Å². The third kappa shape index (κ3) is 5.37. The molecule has 0 saturated carbocycles. The Hall–Kier alpha value is -2.90. The van der Waals surface area contributed by atoms with Crippen molar-refractivity contribution in [2.24, 2.45) is 5.10 Å². The van der Waals surface area contributed by atoms with Gasteiger partial charge >= 0.3 is 0 Å². The monoisotopic (exact) mass is 487 g/mol. The Labute approximate surface area is 187 Å². The van der Waals surface area contributed by atoms with Crippen molar-refractivity contribution in [3.63, 3.8) is 0 Å².